The van der Waals surface area contributed by atoms with Crippen molar-refractivity contribution >= 4 is 6.29 Å². The molecule has 1 unspecified atom stereocenters. The van der Waals surface area contributed by atoms with E-state index < -0.39 is 0 Å². The lowest BCUT2D eigenvalue weighted by molar-refractivity contribution is -0.110. The van der Waals surface area contributed by atoms with Crippen LogP contribution in [0, 0.1) is 5.92 Å². The highest BCUT2D eigenvalue weighted by atomic mass is 16.5. The Hall–Kier alpha value is -0.370. The Morgan fingerprint density at radius 1 is 1.36 bits per heavy atom. The summed E-state index contributed by atoms with van der Waals surface area (Å²) in [7, 11) is 1.66. The highest BCUT2D eigenvalue weighted by Gasteiger charge is 2.06. The molecule has 2 heteroatoms. The average molecular weight is 158 g/mol. The van der Waals surface area contributed by atoms with Gasteiger partial charge in [0.1, 0.15) is 6.29 Å². The van der Waals surface area contributed by atoms with E-state index in [1.165, 1.54) is 0 Å². The van der Waals surface area contributed by atoms with E-state index in [1.807, 2.05) is 0 Å². The number of hydrogen-bond donors (Lipinski definition) is 0. The Kier molecular flexibility index (Phi) is 6.13. The molecule has 0 aromatic rings. The molecular formula is C9H18O2. The summed E-state index contributed by atoms with van der Waals surface area (Å²) in [6.07, 6.45) is 3.71. The van der Waals surface area contributed by atoms with E-state index in [1.54, 1.807) is 7.11 Å². The number of hydrogen-bond acceptors (Lipinski definition) is 2. The molecule has 0 fully saturated rings. The number of aldehydes is 1. The summed E-state index contributed by atoms with van der Waals surface area (Å²) >= 11 is 0. The summed E-state index contributed by atoms with van der Waals surface area (Å²) in [6, 6.07) is 0. The van der Waals surface area contributed by atoms with Gasteiger partial charge in [0.05, 0.1) is 6.10 Å². The van der Waals surface area contributed by atoms with Crippen molar-refractivity contribution in [3.8, 4) is 0 Å². The number of carbonyl (C=O) groups excluding carboxylic acids is 1. The van der Waals surface area contributed by atoms with Crippen molar-refractivity contribution in [1.82, 2.24) is 0 Å². The van der Waals surface area contributed by atoms with E-state index in [0.717, 1.165) is 19.1 Å². The fourth-order valence-electron chi connectivity index (χ4n) is 0.958. The third-order valence-corrected chi connectivity index (χ3v) is 1.76. The van der Waals surface area contributed by atoms with Crippen molar-refractivity contribution in [2.75, 3.05) is 7.11 Å². The standard InChI is InChI=1S/C9H18O2/c1-8(2)4-5-9(11-3)6-7-10/h7-9H,4-6H2,1-3H3. The van der Waals surface area contributed by atoms with Gasteiger partial charge in [-0.15, -0.1) is 0 Å². The van der Waals surface area contributed by atoms with Gasteiger partial charge in [-0.05, 0) is 18.8 Å². The molecule has 0 bridgehead atoms. The van der Waals surface area contributed by atoms with Gasteiger partial charge in [0.25, 0.3) is 0 Å². The number of rotatable bonds is 6. The van der Waals surface area contributed by atoms with Gasteiger partial charge in [0.15, 0.2) is 0 Å². The first kappa shape index (κ1) is 10.6. The third-order valence-electron chi connectivity index (χ3n) is 1.76. The van der Waals surface area contributed by atoms with Crippen molar-refractivity contribution in [1.29, 1.82) is 0 Å². The molecule has 0 heterocycles. The van der Waals surface area contributed by atoms with Crippen LogP contribution in [0.2, 0.25) is 0 Å². The second-order valence-electron chi connectivity index (χ2n) is 3.23. The van der Waals surface area contributed by atoms with Gasteiger partial charge in [-0.3, -0.25) is 0 Å². The zero-order chi connectivity index (χ0) is 8.69. The smallest absolute Gasteiger partial charge is 0.122 e. The minimum absolute atomic E-state index is 0.134. The van der Waals surface area contributed by atoms with E-state index >= 15 is 0 Å². The zero-order valence-corrected chi connectivity index (χ0v) is 7.67. The van der Waals surface area contributed by atoms with Crippen LogP contribution in [-0.4, -0.2) is 19.5 Å². The lowest BCUT2D eigenvalue weighted by Crippen LogP contribution is -2.11. The fourth-order valence-corrected chi connectivity index (χ4v) is 0.958. The maximum Gasteiger partial charge on any atom is 0.122 e. The van der Waals surface area contributed by atoms with Crippen LogP contribution in [0.5, 0.6) is 0 Å². The molecule has 1 atom stereocenters. The summed E-state index contributed by atoms with van der Waals surface area (Å²) in [5.74, 6) is 0.694. The van der Waals surface area contributed by atoms with Gasteiger partial charge in [0.2, 0.25) is 0 Å². The highest BCUT2D eigenvalue weighted by molar-refractivity contribution is 5.50. The molecule has 0 aliphatic heterocycles. The number of methoxy groups -OCH3 is 1. The maximum atomic E-state index is 10.1. The van der Waals surface area contributed by atoms with Crippen LogP contribution in [0.3, 0.4) is 0 Å². The van der Waals surface area contributed by atoms with Gasteiger partial charge >= 0.3 is 0 Å². The van der Waals surface area contributed by atoms with Crippen molar-refractivity contribution in [2.24, 2.45) is 5.92 Å². The number of carbonyl (C=O) groups is 1. The van der Waals surface area contributed by atoms with Gasteiger partial charge in [-0.1, -0.05) is 13.8 Å². The van der Waals surface area contributed by atoms with Crippen molar-refractivity contribution < 1.29 is 9.53 Å². The first-order valence-corrected chi connectivity index (χ1v) is 4.17. The van der Waals surface area contributed by atoms with Gasteiger partial charge in [0, 0.05) is 13.5 Å². The van der Waals surface area contributed by atoms with Crippen LogP contribution in [0.1, 0.15) is 33.1 Å². The molecule has 0 aliphatic rings. The van der Waals surface area contributed by atoms with E-state index in [4.69, 9.17) is 4.74 Å². The van der Waals surface area contributed by atoms with E-state index in [-0.39, 0.29) is 6.10 Å². The SMILES string of the molecule is COC(CC=O)CCC(C)C. The van der Waals surface area contributed by atoms with E-state index in [2.05, 4.69) is 13.8 Å². The van der Waals surface area contributed by atoms with Crippen LogP contribution in [0.15, 0.2) is 0 Å². The molecule has 0 spiro atoms. The molecule has 0 aromatic heterocycles. The summed E-state index contributed by atoms with van der Waals surface area (Å²) in [5.41, 5.74) is 0. The van der Waals surface area contributed by atoms with Crippen LogP contribution < -0.4 is 0 Å². The Morgan fingerprint density at radius 2 is 2.00 bits per heavy atom. The van der Waals surface area contributed by atoms with Crippen molar-refractivity contribution in [2.45, 2.75) is 39.2 Å². The van der Waals surface area contributed by atoms with Crippen molar-refractivity contribution in [3.63, 3.8) is 0 Å². The predicted molar refractivity (Wildman–Crippen MR) is 45.6 cm³/mol. The quantitative estimate of drug-likeness (QED) is 0.553. The molecule has 0 N–H and O–H groups in total. The number of ether oxygens (including phenoxy) is 1. The lowest BCUT2D eigenvalue weighted by Gasteiger charge is -2.12. The Labute approximate surface area is 68.9 Å². The Bertz CT molecular complexity index is 99.7. The molecule has 0 radical (unpaired) electrons. The van der Waals surface area contributed by atoms with E-state index in [9.17, 15) is 4.79 Å². The third kappa shape index (κ3) is 6.05. The predicted octanol–water partition coefficient (Wildman–Crippen LogP) is 2.03. The summed E-state index contributed by atoms with van der Waals surface area (Å²) in [6.45, 7) is 4.35. The molecule has 2 nitrogen and oxygen atoms in total. The summed E-state index contributed by atoms with van der Waals surface area (Å²) in [4.78, 5) is 10.1. The second-order valence-corrected chi connectivity index (χ2v) is 3.23. The molecule has 11 heavy (non-hydrogen) atoms. The summed E-state index contributed by atoms with van der Waals surface area (Å²) in [5, 5.41) is 0. The van der Waals surface area contributed by atoms with Crippen LogP contribution in [0.4, 0.5) is 0 Å². The van der Waals surface area contributed by atoms with Crippen LogP contribution in [0.25, 0.3) is 0 Å². The topological polar surface area (TPSA) is 26.3 Å². The lowest BCUT2D eigenvalue weighted by atomic mass is 10.0. The normalized spacial score (nSPS) is 13.5. The van der Waals surface area contributed by atoms with Crippen molar-refractivity contribution in [3.05, 3.63) is 0 Å². The first-order chi connectivity index (χ1) is 5.20. The summed E-state index contributed by atoms with van der Waals surface area (Å²) < 4.78 is 5.11. The average Bonchev–Trinajstić information content (AvgIpc) is 1.97. The molecule has 0 aliphatic carbocycles. The molecule has 66 valence electrons. The highest BCUT2D eigenvalue weighted by Crippen LogP contribution is 2.10. The molecule has 0 aromatic carbocycles. The fraction of sp³-hybridized carbons (Fsp3) is 0.889. The second kappa shape index (κ2) is 6.35. The van der Waals surface area contributed by atoms with Gasteiger partial charge in [-0.25, -0.2) is 0 Å². The first-order valence-electron chi connectivity index (χ1n) is 4.17. The van der Waals surface area contributed by atoms with Crippen LogP contribution in [-0.2, 0) is 9.53 Å². The Balaban J connectivity index is 3.43. The molecule has 0 saturated heterocycles. The van der Waals surface area contributed by atoms with E-state index in [0.29, 0.717) is 12.3 Å². The molecule has 0 amide bonds. The van der Waals surface area contributed by atoms with Gasteiger partial charge < -0.3 is 9.53 Å². The molecule has 0 saturated carbocycles. The monoisotopic (exact) mass is 158 g/mol. The van der Waals surface area contributed by atoms with Crippen LogP contribution >= 0.6 is 0 Å². The minimum atomic E-state index is 0.134. The van der Waals surface area contributed by atoms with Gasteiger partial charge in [-0.2, -0.15) is 0 Å². The molecule has 0 rings (SSSR count). The zero-order valence-electron chi connectivity index (χ0n) is 7.67. The molecular weight excluding hydrogens is 140 g/mol. The maximum absolute atomic E-state index is 10.1. The Morgan fingerprint density at radius 3 is 2.36 bits per heavy atom. The largest absolute Gasteiger partial charge is 0.381 e. The minimum Gasteiger partial charge on any atom is -0.381 e.